The maximum Gasteiger partial charge on any atom is 0.285 e. The first kappa shape index (κ1) is 37.2. The minimum absolute atomic E-state index is 0.0773. The number of aliphatic imine (C=N–C) groups is 1. The summed E-state index contributed by atoms with van der Waals surface area (Å²) in [6.45, 7) is 9.49. The van der Waals surface area contributed by atoms with Gasteiger partial charge in [0.25, 0.3) is 11.8 Å². The zero-order chi connectivity index (χ0) is 36.9. The van der Waals surface area contributed by atoms with Crippen molar-refractivity contribution in [3.8, 4) is 5.75 Å². The molecule has 4 aromatic carbocycles. The molecule has 0 atom stereocenters. The summed E-state index contributed by atoms with van der Waals surface area (Å²) in [5, 5.41) is 3.17. The van der Waals surface area contributed by atoms with E-state index in [-0.39, 0.29) is 34.8 Å². The number of allylic oxidation sites excluding steroid dienone is 5. The minimum Gasteiger partial charge on any atom is -0.489 e. The average molecular weight is 712 g/mol. The van der Waals surface area contributed by atoms with Gasteiger partial charge < -0.3 is 10.1 Å². The molecular weight excluding hydrogens is 674 g/mol. The highest BCUT2D eigenvalue weighted by Gasteiger charge is 2.35. The van der Waals surface area contributed by atoms with E-state index in [4.69, 9.17) is 4.74 Å². The van der Waals surface area contributed by atoms with Gasteiger partial charge in [-0.2, -0.15) is 4.99 Å². The number of halogens is 1. The number of thioether (sulfide) groups is 1. The summed E-state index contributed by atoms with van der Waals surface area (Å²) in [7, 11) is 0. The predicted octanol–water partition coefficient (Wildman–Crippen LogP) is 8.53. The smallest absolute Gasteiger partial charge is 0.285 e. The number of carbonyl (C=O) groups is 3. The number of ether oxygens (including phenoxy) is 1. The van der Waals surface area contributed by atoms with Crippen LogP contribution in [0.15, 0.2) is 163 Å². The Morgan fingerprint density at radius 1 is 0.962 bits per heavy atom. The quantitative estimate of drug-likeness (QED) is 0.0614. The van der Waals surface area contributed by atoms with Gasteiger partial charge in [-0.1, -0.05) is 122 Å². The van der Waals surface area contributed by atoms with Crippen molar-refractivity contribution in [2.24, 2.45) is 4.99 Å². The largest absolute Gasteiger partial charge is 0.489 e. The van der Waals surface area contributed by atoms with E-state index in [9.17, 15) is 18.8 Å². The Balaban J connectivity index is 1.40. The summed E-state index contributed by atoms with van der Waals surface area (Å²) in [4.78, 5) is 46.7. The summed E-state index contributed by atoms with van der Waals surface area (Å²) in [5.74, 6) is -1.50. The van der Waals surface area contributed by atoms with Crippen LogP contribution < -0.4 is 10.1 Å². The van der Waals surface area contributed by atoms with Crippen LogP contribution in [-0.4, -0.2) is 33.5 Å². The van der Waals surface area contributed by atoms with Crippen LogP contribution in [0, 0.1) is 5.82 Å². The van der Waals surface area contributed by atoms with Gasteiger partial charge in [-0.15, -0.1) is 6.58 Å². The van der Waals surface area contributed by atoms with Crippen molar-refractivity contribution >= 4 is 40.7 Å². The van der Waals surface area contributed by atoms with Crippen molar-refractivity contribution in [3.63, 3.8) is 0 Å². The fourth-order valence-corrected chi connectivity index (χ4v) is 6.30. The topological polar surface area (TPSA) is 88.1 Å². The second kappa shape index (κ2) is 18.3. The molecule has 1 aliphatic heterocycles. The van der Waals surface area contributed by atoms with E-state index in [2.05, 4.69) is 23.5 Å². The Labute approximate surface area is 307 Å². The number of rotatable bonds is 14. The van der Waals surface area contributed by atoms with Crippen molar-refractivity contribution in [2.45, 2.75) is 26.0 Å². The lowest BCUT2D eigenvalue weighted by molar-refractivity contribution is -0.126. The van der Waals surface area contributed by atoms with E-state index in [1.165, 1.54) is 23.1 Å². The molecule has 1 N–H and O–H groups in total. The lowest BCUT2D eigenvalue weighted by Gasteiger charge is -2.28. The van der Waals surface area contributed by atoms with Gasteiger partial charge in [-0.25, -0.2) is 4.39 Å². The summed E-state index contributed by atoms with van der Waals surface area (Å²) >= 11 is 0.998. The number of amides is 3. The maximum atomic E-state index is 14.1. The van der Waals surface area contributed by atoms with Gasteiger partial charge >= 0.3 is 0 Å². The van der Waals surface area contributed by atoms with Gasteiger partial charge in [0.05, 0.1) is 11.8 Å². The first-order valence-electron chi connectivity index (χ1n) is 16.6. The molecule has 5 rings (SSSR count). The van der Waals surface area contributed by atoms with Crippen LogP contribution in [0.5, 0.6) is 5.75 Å². The molecule has 4 aromatic rings. The molecule has 0 aliphatic carbocycles. The van der Waals surface area contributed by atoms with Crippen LogP contribution in [0.3, 0.4) is 0 Å². The molecular formula is C43H38FN3O4S. The first-order valence-corrected chi connectivity index (χ1v) is 17.6. The van der Waals surface area contributed by atoms with Crippen LogP contribution in [-0.2, 0) is 27.4 Å². The van der Waals surface area contributed by atoms with Gasteiger partial charge in [0.2, 0.25) is 5.91 Å². The normalized spacial score (nSPS) is 14.1. The van der Waals surface area contributed by atoms with E-state index in [1.807, 2.05) is 66.7 Å². The van der Waals surface area contributed by atoms with Crippen molar-refractivity contribution in [3.05, 3.63) is 192 Å². The van der Waals surface area contributed by atoms with Gasteiger partial charge in [0, 0.05) is 5.70 Å². The SMILES string of the molecule is C=C/C=C\C(=C/C)N1C(=O)/C(=C/c2ccc(OCc3cccc(F)c3)c(CC=C)c2)C(=O)N=C1SCC(=O)NC(c1ccccc1)c1ccccc1. The van der Waals surface area contributed by atoms with Crippen LogP contribution in [0.4, 0.5) is 4.39 Å². The minimum atomic E-state index is -0.726. The van der Waals surface area contributed by atoms with Gasteiger partial charge in [0.15, 0.2) is 5.17 Å². The molecule has 0 aromatic heterocycles. The first-order chi connectivity index (χ1) is 25.3. The third kappa shape index (κ3) is 9.58. The number of nitrogens with zero attached hydrogens (tertiary/aromatic N) is 2. The Bertz CT molecular complexity index is 2030. The molecule has 0 fully saturated rings. The molecule has 3 amide bonds. The predicted molar refractivity (Wildman–Crippen MR) is 207 cm³/mol. The molecule has 0 unspecified atom stereocenters. The van der Waals surface area contributed by atoms with Crippen molar-refractivity contribution in [1.29, 1.82) is 0 Å². The highest BCUT2D eigenvalue weighted by molar-refractivity contribution is 8.14. The van der Waals surface area contributed by atoms with Crippen LogP contribution >= 0.6 is 11.8 Å². The number of nitrogens with one attached hydrogen (secondary N) is 1. The van der Waals surface area contributed by atoms with E-state index >= 15 is 0 Å². The highest BCUT2D eigenvalue weighted by Crippen LogP contribution is 2.29. The van der Waals surface area contributed by atoms with Crippen LogP contribution in [0.25, 0.3) is 6.08 Å². The number of carbonyl (C=O) groups excluding carboxylic acids is 3. The molecule has 0 spiro atoms. The Hall–Kier alpha value is -6.06. The van der Waals surface area contributed by atoms with Crippen LogP contribution in [0.2, 0.25) is 0 Å². The summed E-state index contributed by atoms with van der Waals surface area (Å²) < 4.78 is 19.7. The molecule has 9 heteroatoms. The second-order valence-electron chi connectivity index (χ2n) is 11.6. The molecule has 0 saturated carbocycles. The number of hydrogen-bond donors (Lipinski definition) is 1. The molecule has 52 heavy (non-hydrogen) atoms. The second-order valence-corrected chi connectivity index (χ2v) is 12.5. The Kier molecular flexibility index (Phi) is 13.1. The van der Waals surface area contributed by atoms with E-state index < -0.39 is 17.9 Å². The molecule has 0 radical (unpaired) electrons. The molecule has 1 heterocycles. The average Bonchev–Trinajstić information content (AvgIpc) is 3.16. The number of amidine groups is 1. The van der Waals surface area contributed by atoms with E-state index in [1.54, 1.807) is 61.6 Å². The van der Waals surface area contributed by atoms with Gasteiger partial charge in [-0.3, -0.25) is 19.3 Å². The molecule has 7 nitrogen and oxygen atoms in total. The monoisotopic (exact) mass is 711 g/mol. The fraction of sp³-hybridized carbons (Fsp3) is 0.116. The molecule has 0 bridgehead atoms. The van der Waals surface area contributed by atoms with E-state index in [0.29, 0.717) is 29.0 Å². The van der Waals surface area contributed by atoms with E-state index in [0.717, 1.165) is 28.5 Å². The molecule has 262 valence electrons. The number of hydrogen-bond acceptors (Lipinski definition) is 5. The zero-order valence-corrected chi connectivity index (χ0v) is 29.5. The van der Waals surface area contributed by atoms with Gasteiger partial charge in [-0.05, 0) is 77.6 Å². The summed E-state index contributed by atoms with van der Waals surface area (Å²) in [6, 6.07) is 30.3. The highest BCUT2D eigenvalue weighted by atomic mass is 32.2. The fourth-order valence-electron chi connectivity index (χ4n) is 5.49. The Morgan fingerprint density at radius 2 is 1.67 bits per heavy atom. The lowest BCUT2D eigenvalue weighted by Crippen LogP contribution is -2.42. The van der Waals surface area contributed by atoms with Gasteiger partial charge in [0.1, 0.15) is 23.7 Å². The molecule has 0 saturated heterocycles. The van der Waals surface area contributed by atoms with Crippen molar-refractivity contribution in [1.82, 2.24) is 10.2 Å². The zero-order valence-electron chi connectivity index (χ0n) is 28.7. The Morgan fingerprint density at radius 3 is 2.31 bits per heavy atom. The van der Waals surface area contributed by atoms with Crippen LogP contribution in [0.1, 0.15) is 40.8 Å². The maximum absolute atomic E-state index is 14.1. The standard InChI is InChI=1S/C43H38FN3O4S/c1-4-7-22-36(6-3)47-42(50)37(27-30-23-24-38(34(25-30)15-5-2)51-28-31-16-14-21-35(44)26-31)41(49)46-43(47)52-29-39(48)45-40(32-17-10-8-11-18-32)33-19-12-9-13-20-33/h4-14,16-27,40H,1-2,15,28-29H2,3H3,(H,45,48)/b22-7-,36-6+,37-27+. The van der Waals surface area contributed by atoms with Crippen molar-refractivity contribution in [2.75, 3.05) is 5.75 Å². The summed E-state index contributed by atoms with van der Waals surface area (Å²) in [6.07, 6.45) is 10.3. The third-order valence-corrected chi connectivity index (χ3v) is 8.89. The van der Waals surface area contributed by atoms with Crippen molar-refractivity contribution < 1.29 is 23.5 Å². The summed E-state index contributed by atoms with van der Waals surface area (Å²) in [5.41, 5.74) is 4.16. The lowest BCUT2D eigenvalue weighted by atomic mass is 9.99. The molecule has 1 aliphatic rings. The number of benzene rings is 4. The third-order valence-electron chi connectivity index (χ3n) is 7.96.